The molecular weight excluding hydrogens is 284 g/mol. The Hall–Kier alpha value is -1.95. The van der Waals surface area contributed by atoms with E-state index in [1.807, 2.05) is 29.3 Å². The summed E-state index contributed by atoms with van der Waals surface area (Å²) in [6.07, 6.45) is 2.68. The molecule has 1 aromatic carbocycles. The predicted octanol–water partition coefficient (Wildman–Crippen LogP) is 2.51. The molecule has 110 valence electrons. The summed E-state index contributed by atoms with van der Waals surface area (Å²) in [6.45, 7) is 5.78. The van der Waals surface area contributed by atoms with E-state index in [4.69, 9.17) is 0 Å². The van der Waals surface area contributed by atoms with Crippen LogP contribution in [0.4, 0.5) is 5.69 Å². The molecule has 0 fully saturated rings. The number of amides is 1. The van der Waals surface area contributed by atoms with Gasteiger partial charge in [-0.1, -0.05) is 43.0 Å². The fraction of sp³-hybridized carbons (Fsp3) is 0.333. The molecular formula is C15H18N4OS. The van der Waals surface area contributed by atoms with E-state index in [9.17, 15) is 4.79 Å². The molecule has 0 saturated heterocycles. The second-order valence-electron chi connectivity index (χ2n) is 4.93. The van der Waals surface area contributed by atoms with Crippen molar-refractivity contribution in [2.45, 2.75) is 25.6 Å². The molecule has 2 atom stereocenters. The summed E-state index contributed by atoms with van der Waals surface area (Å²) in [7, 11) is 0. The monoisotopic (exact) mass is 302 g/mol. The van der Waals surface area contributed by atoms with Gasteiger partial charge in [0.15, 0.2) is 11.2 Å². The van der Waals surface area contributed by atoms with Crippen molar-refractivity contribution in [1.29, 1.82) is 0 Å². The molecule has 0 spiro atoms. The molecule has 3 rings (SSSR count). The Bertz CT molecular complexity index is 601. The number of para-hydroxylation sites is 1. The van der Waals surface area contributed by atoms with Crippen LogP contribution in [0, 0.1) is 0 Å². The molecule has 0 aliphatic carbocycles. The molecule has 0 saturated carbocycles. The van der Waals surface area contributed by atoms with Crippen molar-refractivity contribution in [2.24, 2.45) is 5.10 Å². The number of hydrazone groups is 1. The Balaban J connectivity index is 1.99. The normalized spacial score (nSPS) is 23.4. The number of carbonyl (C=O) groups is 1. The zero-order valence-corrected chi connectivity index (χ0v) is 12.7. The second-order valence-corrected chi connectivity index (χ2v) is 5.94. The smallest absolute Gasteiger partial charge is 0.255 e. The van der Waals surface area contributed by atoms with Gasteiger partial charge in [-0.25, -0.2) is 0 Å². The van der Waals surface area contributed by atoms with Crippen LogP contribution < -0.4 is 10.6 Å². The third kappa shape index (κ3) is 2.51. The Morgan fingerprint density at radius 1 is 1.48 bits per heavy atom. The van der Waals surface area contributed by atoms with Crippen LogP contribution in [0.5, 0.6) is 0 Å². The lowest BCUT2D eigenvalue weighted by Gasteiger charge is -2.43. The quantitative estimate of drug-likeness (QED) is 0.842. The maximum atomic E-state index is 12.5. The highest BCUT2D eigenvalue weighted by molar-refractivity contribution is 8.14. The van der Waals surface area contributed by atoms with Crippen molar-refractivity contribution < 1.29 is 4.79 Å². The van der Waals surface area contributed by atoms with Gasteiger partial charge in [-0.2, -0.15) is 0 Å². The molecule has 21 heavy (non-hydrogen) atoms. The fourth-order valence-electron chi connectivity index (χ4n) is 2.62. The van der Waals surface area contributed by atoms with Crippen LogP contribution in [0.15, 0.2) is 42.0 Å². The highest BCUT2D eigenvalue weighted by Gasteiger charge is 2.40. The van der Waals surface area contributed by atoms with Crippen molar-refractivity contribution >= 4 is 28.5 Å². The summed E-state index contributed by atoms with van der Waals surface area (Å²) in [4.78, 5) is 12.5. The van der Waals surface area contributed by atoms with E-state index in [0.717, 1.165) is 23.4 Å². The number of fused-ring (bicyclic) bond motifs is 3. The van der Waals surface area contributed by atoms with Crippen molar-refractivity contribution in [1.82, 2.24) is 10.3 Å². The van der Waals surface area contributed by atoms with Crippen molar-refractivity contribution in [3.63, 3.8) is 0 Å². The van der Waals surface area contributed by atoms with Crippen LogP contribution >= 0.6 is 11.8 Å². The van der Waals surface area contributed by atoms with Gasteiger partial charge < -0.3 is 10.6 Å². The largest absolute Gasteiger partial charge is 0.364 e. The van der Waals surface area contributed by atoms with Crippen LogP contribution in [0.25, 0.3) is 0 Å². The first-order valence-corrected chi connectivity index (χ1v) is 8.00. The summed E-state index contributed by atoms with van der Waals surface area (Å²) < 4.78 is 0. The van der Waals surface area contributed by atoms with E-state index < -0.39 is 0 Å². The van der Waals surface area contributed by atoms with Crippen LogP contribution in [0.2, 0.25) is 0 Å². The summed E-state index contributed by atoms with van der Waals surface area (Å²) >= 11 is 1.48. The lowest BCUT2D eigenvalue weighted by molar-refractivity contribution is -0.127. The van der Waals surface area contributed by atoms with E-state index in [1.165, 1.54) is 11.8 Å². The van der Waals surface area contributed by atoms with E-state index in [-0.39, 0.29) is 18.1 Å². The molecule has 1 amide bonds. The summed E-state index contributed by atoms with van der Waals surface area (Å²) in [5.74, 6) is 0.697. The first-order valence-electron chi connectivity index (χ1n) is 7.01. The van der Waals surface area contributed by atoms with Crippen LogP contribution in [-0.2, 0) is 4.79 Å². The van der Waals surface area contributed by atoms with E-state index >= 15 is 0 Å². The zero-order valence-electron chi connectivity index (χ0n) is 11.9. The predicted molar refractivity (Wildman–Crippen MR) is 87.0 cm³/mol. The summed E-state index contributed by atoms with van der Waals surface area (Å²) in [6, 6.07) is 7.55. The third-order valence-electron chi connectivity index (χ3n) is 3.57. The minimum Gasteiger partial charge on any atom is -0.364 e. The molecule has 6 heteroatoms. The lowest BCUT2D eigenvalue weighted by atomic mass is 9.99. The van der Waals surface area contributed by atoms with Crippen LogP contribution in [0.3, 0.4) is 0 Å². The molecule has 0 bridgehead atoms. The molecule has 0 aromatic heterocycles. The second kappa shape index (κ2) is 5.81. The van der Waals surface area contributed by atoms with E-state index in [1.54, 1.807) is 6.08 Å². The number of hydrogen-bond acceptors (Lipinski definition) is 5. The van der Waals surface area contributed by atoms with Gasteiger partial charge in [0.2, 0.25) is 0 Å². The molecule has 1 aromatic rings. The Morgan fingerprint density at radius 2 is 2.29 bits per heavy atom. The average Bonchev–Trinajstić information content (AvgIpc) is 2.51. The molecule has 0 unspecified atom stereocenters. The molecule has 2 aliphatic heterocycles. The number of amidine groups is 1. The molecule has 0 radical (unpaired) electrons. The standard InChI is InChI=1S/C15H18N4OS/c1-3-9-21-15-17-14(20)13-10-7-5-6-8-11(10)16-12(4-2)19(13)18-15/h3,5-8,12-13,16H,1,4,9H2,2H3,(H,17,18,20)/t12-,13-/m0/s1. The Kier molecular flexibility index (Phi) is 3.88. The van der Waals surface area contributed by atoms with Gasteiger partial charge in [0.25, 0.3) is 5.91 Å². The first kappa shape index (κ1) is 14.0. The first-order chi connectivity index (χ1) is 10.2. The van der Waals surface area contributed by atoms with Crippen molar-refractivity contribution in [2.75, 3.05) is 11.1 Å². The highest BCUT2D eigenvalue weighted by atomic mass is 32.2. The minimum absolute atomic E-state index is 0.0234. The van der Waals surface area contributed by atoms with E-state index in [2.05, 4.69) is 29.2 Å². The van der Waals surface area contributed by atoms with Crippen LogP contribution in [0.1, 0.15) is 24.9 Å². The highest BCUT2D eigenvalue weighted by Crippen LogP contribution is 2.37. The maximum absolute atomic E-state index is 12.5. The minimum atomic E-state index is -0.361. The number of hydrogen-bond donors (Lipinski definition) is 2. The van der Waals surface area contributed by atoms with Crippen molar-refractivity contribution in [3.05, 3.63) is 42.5 Å². The molecule has 2 N–H and O–H groups in total. The number of nitrogens with one attached hydrogen (secondary N) is 2. The number of anilines is 1. The SMILES string of the molecule is C=CCSC1=NN2[C@H](C(=O)N1)c1ccccc1N[C@@H]2CC. The summed E-state index contributed by atoms with van der Waals surface area (Å²) in [5.41, 5.74) is 1.98. The summed E-state index contributed by atoms with van der Waals surface area (Å²) in [5, 5.41) is 13.5. The van der Waals surface area contributed by atoms with Gasteiger partial charge in [0.1, 0.15) is 6.17 Å². The van der Waals surface area contributed by atoms with Gasteiger partial charge in [-0.05, 0) is 12.5 Å². The molecule has 2 aliphatic rings. The van der Waals surface area contributed by atoms with Gasteiger partial charge in [0, 0.05) is 17.0 Å². The number of rotatable bonds is 3. The van der Waals surface area contributed by atoms with Gasteiger partial charge in [-0.3, -0.25) is 9.80 Å². The average molecular weight is 302 g/mol. The van der Waals surface area contributed by atoms with E-state index in [0.29, 0.717) is 5.17 Å². The van der Waals surface area contributed by atoms with Gasteiger partial charge in [0.05, 0.1) is 0 Å². The number of carbonyl (C=O) groups excluding carboxylic acids is 1. The molecule has 2 heterocycles. The zero-order chi connectivity index (χ0) is 14.8. The Labute approximate surface area is 128 Å². The van der Waals surface area contributed by atoms with Gasteiger partial charge >= 0.3 is 0 Å². The fourth-order valence-corrected chi connectivity index (χ4v) is 3.22. The number of benzene rings is 1. The number of nitrogens with zero attached hydrogens (tertiary/aromatic N) is 2. The lowest BCUT2D eigenvalue weighted by Crippen LogP contribution is -2.54. The maximum Gasteiger partial charge on any atom is 0.255 e. The third-order valence-corrected chi connectivity index (χ3v) is 4.43. The topological polar surface area (TPSA) is 56.7 Å². The van der Waals surface area contributed by atoms with Crippen molar-refractivity contribution in [3.8, 4) is 0 Å². The number of thioether (sulfide) groups is 1. The molecule has 5 nitrogen and oxygen atoms in total. The van der Waals surface area contributed by atoms with Crippen LogP contribution in [-0.4, -0.2) is 28.0 Å². The Morgan fingerprint density at radius 3 is 3.05 bits per heavy atom. The van der Waals surface area contributed by atoms with Gasteiger partial charge in [-0.15, -0.1) is 11.7 Å².